The maximum absolute atomic E-state index is 13.0. The maximum atomic E-state index is 13.0. The van der Waals surface area contributed by atoms with Crippen molar-refractivity contribution < 1.29 is 9.90 Å². The number of benzene rings is 2. The Morgan fingerprint density at radius 1 is 0.909 bits per heavy atom. The molecule has 0 bridgehead atoms. The summed E-state index contributed by atoms with van der Waals surface area (Å²) in [5.41, 5.74) is 20.5. The number of nitrogens with two attached hydrogens (primary N) is 2. The van der Waals surface area contributed by atoms with E-state index in [0.717, 1.165) is 58.5 Å². The highest BCUT2D eigenvalue weighted by Crippen LogP contribution is 2.32. The molecule has 2 aromatic rings. The van der Waals surface area contributed by atoms with E-state index in [-0.39, 0.29) is 11.5 Å². The molecule has 0 saturated heterocycles. The second kappa shape index (κ2) is 9.94. The van der Waals surface area contributed by atoms with Crippen molar-refractivity contribution in [2.24, 2.45) is 4.99 Å². The van der Waals surface area contributed by atoms with E-state index in [1.165, 1.54) is 6.08 Å². The van der Waals surface area contributed by atoms with E-state index >= 15 is 0 Å². The number of nitrogens with zero attached hydrogens (tertiary/aromatic N) is 1. The number of aliphatic imine (C=N–C) groups is 1. The number of aliphatic hydroxyl groups is 1. The molecule has 0 aliphatic heterocycles. The SMILES string of the molecule is CCCCCC1=C(Nc2ccc(N)c(C)c2C)C(=O)C=C(O)C1=Nc1ccc(N)c(C)c1C. The molecule has 0 amide bonds. The van der Waals surface area contributed by atoms with Crippen molar-refractivity contribution in [3.8, 4) is 0 Å². The van der Waals surface area contributed by atoms with Gasteiger partial charge in [0.2, 0.25) is 5.78 Å². The van der Waals surface area contributed by atoms with Gasteiger partial charge in [-0.2, -0.15) is 0 Å². The number of hydrogen-bond acceptors (Lipinski definition) is 6. The number of anilines is 3. The number of carbonyl (C=O) groups is 1. The van der Waals surface area contributed by atoms with E-state index in [1.54, 1.807) is 0 Å². The number of nitrogen functional groups attached to an aromatic ring is 2. The van der Waals surface area contributed by atoms with Gasteiger partial charge >= 0.3 is 0 Å². The number of carbonyl (C=O) groups excluding carboxylic acids is 1. The first-order valence-electron chi connectivity index (χ1n) is 11.4. The average molecular weight is 447 g/mol. The van der Waals surface area contributed by atoms with Crippen molar-refractivity contribution in [3.63, 3.8) is 0 Å². The van der Waals surface area contributed by atoms with Crippen LogP contribution >= 0.6 is 0 Å². The first-order valence-corrected chi connectivity index (χ1v) is 11.4. The van der Waals surface area contributed by atoms with E-state index < -0.39 is 0 Å². The molecular formula is C27H34N4O2. The van der Waals surface area contributed by atoms with Crippen LogP contribution in [0, 0.1) is 27.7 Å². The monoisotopic (exact) mass is 446 g/mol. The van der Waals surface area contributed by atoms with Crippen LogP contribution in [0.1, 0.15) is 54.9 Å². The van der Waals surface area contributed by atoms with Crippen LogP contribution in [0.2, 0.25) is 0 Å². The van der Waals surface area contributed by atoms with Crippen LogP contribution in [0.4, 0.5) is 22.7 Å². The van der Waals surface area contributed by atoms with Crippen molar-refractivity contribution in [1.29, 1.82) is 0 Å². The first kappa shape index (κ1) is 24.1. The molecule has 2 aromatic carbocycles. The fourth-order valence-corrected chi connectivity index (χ4v) is 3.92. The van der Waals surface area contributed by atoms with E-state index in [4.69, 9.17) is 16.5 Å². The summed E-state index contributed by atoms with van der Waals surface area (Å²) in [7, 11) is 0. The zero-order valence-corrected chi connectivity index (χ0v) is 20.2. The maximum Gasteiger partial charge on any atom is 0.206 e. The average Bonchev–Trinajstić information content (AvgIpc) is 2.78. The third-order valence-corrected chi connectivity index (χ3v) is 6.50. The number of aliphatic hydroxyl groups excluding tert-OH is 1. The normalized spacial score (nSPS) is 15.2. The number of rotatable bonds is 7. The van der Waals surface area contributed by atoms with Crippen molar-refractivity contribution >= 4 is 34.2 Å². The van der Waals surface area contributed by atoms with Gasteiger partial charge in [-0.1, -0.05) is 19.8 Å². The Bertz CT molecular complexity index is 1190. The predicted molar refractivity (Wildman–Crippen MR) is 138 cm³/mol. The number of ketones is 1. The van der Waals surface area contributed by atoms with Crippen molar-refractivity contribution in [1.82, 2.24) is 0 Å². The van der Waals surface area contributed by atoms with Gasteiger partial charge < -0.3 is 21.9 Å². The van der Waals surface area contributed by atoms with Gasteiger partial charge in [0, 0.05) is 28.7 Å². The van der Waals surface area contributed by atoms with Crippen LogP contribution in [-0.2, 0) is 4.79 Å². The van der Waals surface area contributed by atoms with E-state index in [1.807, 2.05) is 52.0 Å². The molecule has 0 heterocycles. The minimum atomic E-state index is -0.267. The first-order chi connectivity index (χ1) is 15.6. The summed E-state index contributed by atoms with van der Waals surface area (Å²) in [6.07, 6.45) is 4.81. The van der Waals surface area contributed by atoms with Gasteiger partial charge in [0.25, 0.3) is 0 Å². The molecule has 0 saturated carbocycles. The van der Waals surface area contributed by atoms with Crippen molar-refractivity contribution in [3.05, 3.63) is 69.6 Å². The topological polar surface area (TPSA) is 114 Å². The number of nitrogens with one attached hydrogen (secondary N) is 1. The van der Waals surface area contributed by atoms with Crippen LogP contribution < -0.4 is 16.8 Å². The molecule has 1 aliphatic carbocycles. The molecule has 6 heteroatoms. The Labute approximate surface area is 196 Å². The highest BCUT2D eigenvalue weighted by molar-refractivity contribution is 6.25. The van der Waals surface area contributed by atoms with E-state index in [9.17, 15) is 9.90 Å². The molecule has 0 radical (unpaired) electrons. The van der Waals surface area contributed by atoms with Gasteiger partial charge in [0.15, 0.2) is 0 Å². The van der Waals surface area contributed by atoms with Crippen LogP contribution in [0.25, 0.3) is 0 Å². The molecular weight excluding hydrogens is 412 g/mol. The standard InChI is InChI=1S/C27H34N4O2/c1-6-7-8-9-19-26(30-22-12-10-20(28)15(2)17(22)4)24(32)14-25(33)27(19)31-23-13-11-21(29)16(3)18(23)5/h10-14,30,33H,6-9,28-29H2,1-5H3. The zero-order valence-electron chi connectivity index (χ0n) is 20.2. The van der Waals surface area contributed by atoms with Gasteiger partial charge in [0.05, 0.1) is 11.4 Å². The van der Waals surface area contributed by atoms with Crippen LogP contribution in [-0.4, -0.2) is 16.6 Å². The summed E-state index contributed by atoms with van der Waals surface area (Å²) in [5.74, 6) is -0.381. The molecule has 6 nitrogen and oxygen atoms in total. The largest absolute Gasteiger partial charge is 0.506 e. The molecule has 33 heavy (non-hydrogen) atoms. The predicted octanol–water partition coefficient (Wildman–Crippen LogP) is 6.13. The molecule has 0 atom stereocenters. The molecule has 3 rings (SSSR count). The van der Waals surface area contributed by atoms with Crippen LogP contribution in [0.5, 0.6) is 0 Å². The fourth-order valence-electron chi connectivity index (χ4n) is 3.92. The van der Waals surface area contributed by atoms with Gasteiger partial charge in [-0.05, 0) is 87.1 Å². The summed E-state index contributed by atoms with van der Waals surface area (Å²) >= 11 is 0. The van der Waals surface area contributed by atoms with Gasteiger partial charge in [-0.3, -0.25) is 4.79 Å². The minimum Gasteiger partial charge on any atom is -0.506 e. The number of hydrogen-bond donors (Lipinski definition) is 4. The van der Waals surface area contributed by atoms with E-state index in [0.29, 0.717) is 29.2 Å². The number of allylic oxidation sites excluding steroid dienone is 2. The lowest BCUT2D eigenvalue weighted by atomic mass is 9.92. The molecule has 6 N–H and O–H groups in total. The Hall–Kier alpha value is -3.54. The Morgan fingerprint density at radius 3 is 2.21 bits per heavy atom. The second-order valence-corrected chi connectivity index (χ2v) is 8.67. The van der Waals surface area contributed by atoms with Crippen LogP contribution in [0.15, 0.2) is 52.4 Å². The highest BCUT2D eigenvalue weighted by atomic mass is 16.3. The molecule has 0 aromatic heterocycles. The molecule has 0 spiro atoms. The minimum absolute atomic E-state index is 0.115. The Morgan fingerprint density at radius 2 is 1.55 bits per heavy atom. The third kappa shape index (κ3) is 4.95. The van der Waals surface area contributed by atoms with Crippen molar-refractivity contribution in [2.75, 3.05) is 16.8 Å². The van der Waals surface area contributed by atoms with Gasteiger partial charge in [-0.15, -0.1) is 0 Å². The second-order valence-electron chi connectivity index (χ2n) is 8.67. The Balaban J connectivity index is 2.16. The lowest BCUT2D eigenvalue weighted by molar-refractivity contribution is -0.111. The molecule has 1 aliphatic rings. The third-order valence-electron chi connectivity index (χ3n) is 6.50. The number of unbranched alkanes of at least 4 members (excludes halogenated alkanes) is 2. The lowest BCUT2D eigenvalue weighted by Gasteiger charge is -2.23. The summed E-state index contributed by atoms with van der Waals surface area (Å²) in [5, 5.41) is 14.1. The Kier molecular flexibility index (Phi) is 7.26. The summed E-state index contributed by atoms with van der Waals surface area (Å²) in [6, 6.07) is 7.37. The van der Waals surface area contributed by atoms with Gasteiger partial charge in [0.1, 0.15) is 11.5 Å². The molecule has 0 unspecified atom stereocenters. The van der Waals surface area contributed by atoms with Crippen molar-refractivity contribution in [2.45, 2.75) is 60.3 Å². The molecule has 174 valence electrons. The smallest absolute Gasteiger partial charge is 0.206 e. The zero-order chi connectivity index (χ0) is 24.3. The summed E-state index contributed by atoms with van der Waals surface area (Å²) < 4.78 is 0. The van der Waals surface area contributed by atoms with E-state index in [2.05, 4.69) is 12.2 Å². The summed E-state index contributed by atoms with van der Waals surface area (Å²) in [4.78, 5) is 17.8. The summed E-state index contributed by atoms with van der Waals surface area (Å²) in [6.45, 7) is 9.97. The van der Waals surface area contributed by atoms with Crippen LogP contribution in [0.3, 0.4) is 0 Å². The highest BCUT2D eigenvalue weighted by Gasteiger charge is 2.27. The quantitative estimate of drug-likeness (QED) is 0.232. The molecule has 0 fully saturated rings. The lowest BCUT2D eigenvalue weighted by Crippen LogP contribution is -2.24. The fraction of sp³-hybridized carbons (Fsp3) is 0.333. The van der Waals surface area contributed by atoms with Gasteiger partial charge in [-0.25, -0.2) is 4.99 Å².